The summed E-state index contributed by atoms with van der Waals surface area (Å²) in [6.07, 6.45) is 3.15. The number of hydrogen-bond acceptors (Lipinski definition) is 3. The van der Waals surface area contributed by atoms with Crippen molar-refractivity contribution in [3.05, 3.63) is 12.3 Å². The van der Waals surface area contributed by atoms with Gasteiger partial charge < -0.3 is 10.2 Å². The molecule has 0 radical (unpaired) electrons. The average Bonchev–Trinajstić information content (AvgIpc) is 2.65. The third-order valence-electron chi connectivity index (χ3n) is 3.28. The molecule has 2 heterocycles. The van der Waals surface area contributed by atoms with Gasteiger partial charge in [0.25, 0.3) is 0 Å². The first-order chi connectivity index (χ1) is 7.13. The van der Waals surface area contributed by atoms with E-state index in [1.54, 1.807) is 0 Å². The molecule has 4 nitrogen and oxygen atoms in total. The number of hydrogen-bond donors (Lipinski definition) is 1. The van der Waals surface area contributed by atoms with Crippen LogP contribution in [0.4, 0.5) is 5.82 Å². The second-order valence-corrected chi connectivity index (χ2v) is 4.61. The predicted molar refractivity (Wildman–Crippen MR) is 62.1 cm³/mol. The van der Waals surface area contributed by atoms with Crippen molar-refractivity contribution < 1.29 is 0 Å². The molecule has 0 aromatic carbocycles. The van der Waals surface area contributed by atoms with E-state index in [0.717, 1.165) is 31.9 Å². The maximum Gasteiger partial charge on any atom is 0.150 e. The van der Waals surface area contributed by atoms with Crippen LogP contribution in [-0.2, 0) is 7.05 Å². The van der Waals surface area contributed by atoms with Crippen LogP contribution in [0.2, 0.25) is 0 Å². The van der Waals surface area contributed by atoms with E-state index < -0.39 is 0 Å². The summed E-state index contributed by atoms with van der Waals surface area (Å²) in [6, 6.07) is 2.08. The number of piperazine rings is 1. The molecule has 1 N–H and O–H groups in total. The zero-order valence-electron chi connectivity index (χ0n) is 9.82. The zero-order valence-corrected chi connectivity index (χ0v) is 9.82. The summed E-state index contributed by atoms with van der Waals surface area (Å²) in [6.45, 7) is 7.64. The Morgan fingerprint density at radius 2 is 2.40 bits per heavy atom. The Hall–Kier alpha value is -1.03. The molecule has 0 spiro atoms. The van der Waals surface area contributed by atoms with E-state index in [1.165, 1.54) is 0 Å². The molecule has 15 heavy (non-hydrogen) atoms. The van der Waals surface area contributed by atoms with Gasteiger partial charge in [0.2, 0.25) is 0 Å². The topological polar surface area (TPSA) is 33.1 Å². The van der Waals surface area contributed by atoms with Crippen molar-refractivity contribution in [1.29, 1.82) is 0 Å². The maximum absolute atomic E-state index is 4.45. The summed E-state index contributed by atoms with van der Waals surface area (Å²) >= 11 is 0. The Labute approximate surface area is 91.3 Å². The van der Waals surface area contributed by atoms with Gasteiger partial charge in [-0.05, 0) is 13.3 Å². The fourth-order valence-electron chi connectivity index (χ4n) is 2.05. The molecule has 0 aliphatic carbocycles. The first-order valence-corrected chi connectivity index (χ1v) is 5.62. The van der Waals surface area contributed by atoms with Gasteiger partial charge in [0.1, 0.15) is 0 Å². The highest BCUT2D eigenvalue weighted by Crippen LogP contribution is 2.19. The number of aromatic nitrogens is 2. The lowest BCUT2D eigenvalue weighted by Crippen LogP contribution is -2.58. The van der Waals surface area contributed by atoms with Crippen LogP contribution in [0.5, 0.6) is 0 Å². The minimum Gasteiger partial charge on any atom is -0.352 e. The van der Waals surface area contributed by atoms with E-state index in [2.05, 4.69) is 35.2 Å². The number of nitrogens with zero attached hydrogens (tertiary/aromatic N) is 3. The molecule has 4 heteroatoms. The number of rotatable bonds is 2. The van der Waals surface area contributed by atoms with Gasteiger partial charge in [0.05, 0.1) is 0 Å². The highest BCUT2D eigenvalue weighted by molar-refractivity contribution is 5.38. The molecule has 1 aliphatic rings. The molecular formula is C11H20N4. The molecule has 2 rings (SSSR count). The van der Waals surface area contributed by atoms with Crippen LogP contribution in [-0.4, -0.2) is 35.0 Å². The standard InChI is InChI=1S/C11H20N4/c1-4-11(2)9-15(8-6-12-11)10-5-7-14(3)13-10/h5,7,12H,4,6,8-9H2,1-3H3. The summed E-state index contributed by atoms with van der Waals surface area (Å²) in [4.78, 5) is 2.36. The summed E-state index contributed by atoms with van der Waals surface area (Å²) in [5.41, 5.74) is 0.232. The number of aryl methyl sites for hydroxylation is 1. The fourth-order valence-corrected chi connectivity index (χ4v) is 2.05. The van der Waals surface area contributed by atoms with Crippen LogP contribution < -0.4 is 10.2 Å². The molecule has 1 unspecified atom stereocenters. The molecule has 1 atom stereocenters. The Kier molecular flexibility index (Phi) is 2.69. The largest absolute Gasteiger partial charge is 0.352 e. The molecule has 0 amide bonds. The van der Waals surface area contributed by atoms with Crippen molar-refractivity contribution in [2.24, 2.45) is 7.05 Å². The van der Waals surface area contributed by atoms with Gasteiger partial charge in [0, 0.05) is 44.5 Å². The first-order valence-electron chi connectivity index (χ1n) is 5.62. The molecule has 1 saturated heterocycles. The third-order valence-corrected chi connectivity index (χ3v) is 3.28. The van der Waals surface area contributed by atoms with E-state index in [9.17, 15) is 0 Å². The molecule has 1 aromatic heterocycles. The minimum atomic E-state index is 0.232. The highest BCUT2D eigenvalue weighted by atomic mass is 15.4. The van der Waals surface area contributed by atoms with Crippen molar-refractivity contribution in [2.75, 3.05) is 24.5 Å². The molecule has 0 bridgehead atoms. The second-order valence-electron chi connectivity index (χ2n) is 4.61. The van der Waals surface area contributed by atoms with Crippen molar-refractivity contribution in [1.82, 2.24) is 15.1 Å². The fraction of sp³-hybridized carbons (Fsp3) is 0.727. The van der Waals surface area contributed by atoms with Gasteiger partial charge >= 0.3 is 0 Å². The summed E-state index contributed by atoms with van der Waals surface area (Å²) in [5, 5.41) is 8.02. The summed E-state index contributed by atoms with van der Waals surface area (Å²) < 4.78 is 1.86. The molecule has 1 aromatic rings. The molecule has 1 fully saturated rings. The van der Waals surface area contributed by atoms with E-state index in [0.29, 0.717) is 0 Å². The normalized spacial score (nSPS) is 27.0. The average molecular weight is 208 g/mol. The van der Waals surface area contributed by atoms with E-state index >= 15 is 0 Å². The lowest BCUT2D eigenvalue weighted by molar-refractivity contribution is 0.313. The number of anilines is 1. The minimum absolute atomic E-state index is 0.232. The monoisotopic (exact) mass is 208 g/mol. The van der Waals surface area contributed by atoms with E-state index in [4.69, 9.17) is 0 Å². The maximum atomic E-state index is 4.45. The molecule has 84 valence electrons. The Balaban J connectivity index is 2.11. The van der Waals surface area contributed by atoms with Crippen molar-refractivity contribution in [3.8, 4) is 0 Å². The Morgan fingerprint density at radius 3 is 3.00 bits per heavy atom. The Bertz CT molecular complexity index is 333. The summed E-state index contributed by atoms with van der Waals surface area (Å²) in [7, 11) is 1.96. The van der Waals surface area contributed by atoms with Crippen molar-refractivity contribution in [2.45, 2.75) is 25.8 Å². The highest BCUT2D eigenvalue weighted by Gasteiger charge is 2.29. The van der Waals surface area contributed by atoms with Crippen LogP contribution in [0.3, 0.4) is 0 Å². The van der Waals surface area contributed by atoms with Gasteiger partial charge in [-0.1, -0.05) is 6.92 Å². The lowest BCUT2D eigenvalue weighted by atomic mass is 9.96. The van der Waals surface area contributed by atoms with Gasteiger partial charge in [0.15, 0.2) is 5.82 Å². The van der Waals surface area contributed by atoms with Gasteiger partial charge in [-0.3, -0.25) is 4.68 Å². The second kappa shape index (κ2) is 3.85. The quantitative estimate of drug-likeness (QED) is 0.787. The van der Waals surface area contributed by atoms with Gasteiger partial charge in [-0.25, -0.2) is 0 Å². The SMILES string of the molecule is CCC1(C)CN(c2ccn(C)n2)CCN1. The zero-order chi connectivity index (χ0) is 10.9. The van der Waals surface area contributed by atoms with Crippen molar-refractivity contribution >= 4 is 5.82 Å². The first kappa shape index (κ1) is 10.5. The van der Waals surface area contributed by atoms with E-state index in [1.807, 2.05) is 17.9 Å². The smallest absolute Gasteiger partial charge is 0.150 e. The predicted octanol–water partition coefficient (Wildman–Crippen LogP) is 0.998. The summed E-state index contributed by atoms with van der Waals surface area (Å²) in [5.74, 6) is 1.10. The Morgan fingerprint density at radius 1 is 1.60 bits per heavy atom. The van der Waals surface area contributed by atoms with Crippen LogP contribution >= 0.6 is 0 Å². The third kappa shape index (κ3) is 2.15. The van der Waals surface area contributed by atoms with Crippen LogP contribution in [0, 0.1) is 0 Å². The van der Waals surface area contributed by atoms with Crippen LogP contribution in [0.15, 0.2) is 12.3 Å². The molecular weight excluding hydrogens is 188 g/mol. The van der Waals surface area contributed by atoms with Gasteiger partial charge in [-0.2, -0.15) is 5.10 Å². The van der Waals surface area contributed by atoms with Crippen LogP contribution in [0.25, 0.3) is 0 Å². The molecule has 0 saturated carbocycles. The van der Waals surface area contributed by atoms with E-state index in [-0.39, 0.29) is 5.54 Å². The van der Waals surface area contributed by atoms with Gasteiger partial charge in [-0.15, -0.1) is 0 Å². The number of nitrogens with one attached hydrogen (secondary N) is 1. The molecule has 1 aliphatic heterocycles. The van der Waals surface area contributed by atoms with Crippen LogP contribution in [0.1, 0.15) is 20.3 Å². The van der Waals surface area contributed by atoms with Crippen molar-refractivity contribution in [3.63, 3.8) is 0 Å². The lowest BCUT2D eigenvalue weighted by Gasteiger charge is -2.41.